The fraction of sp³-hybridized carbons (Fsp3) is 0.458. The van der Waals surface area contributed by atoms with Gasteiger partial charge in [0.2, 0.25) is 0 Å². The van der Waals surface area contributed by atoms with Crippen LogP contribution in [0.25, 0.3) is 0 Å². The summed E-state index contributed by atoms with van der Waals surface area (Å²) in [6.07, 6.45) is 5.15. The molecule has 2 N–H and O–H groups in total. The Labute approximate surface area is 182 Å². The molecular weight excluding hydrogens is 403 g/mol. The van der Waals surface area contributed by atoms with E-state index in [4.69, 9.17) is 11.6 Å². The number of piperidine rings is 1. The van der Waals surface area contributed by atoms with Gasteiger partial charge in [0.1, 0.15) is 11.6 Å². The molecule has 2 heterocycles. The van der Waals surface area contributed by atoms with E-state index in [2.05, 4.69) is 17.1 Å². The number of halogens is 2. The van der Waals surface area contributed by atoms with Gasteiger partial charge in [0, 0.05) is 30.2 Å². The van der Waals surface area contributed by atoms with Crippen LogP contribution in [-0.2, 0) is 6.42 Å². The zero-order chi connectivity index (χ0) is 21.4. The van der Waals surface area contributed by atoms with E-state index in [1.165, 1.54) is 29.3 Å². The largest absolute Gasteiger partial charge is 0.508 e. The summed E-state index contributed by atoms with van der Waals surface area (Å²) >= 11 is 5.82. The summed E-state index contributed by atoms with van der Waals surface area (Å²) in [5, 5.41) is 13.0. The molecule has 160 valence electrons. The lowest BCUT2D eigenvalue weighted by Crippen LogP contribution is -2.50. The molecule has 0 aromatic heterocycles. The SMILES string of the molecule is Cc1c(O)ccc(CCN2C3CCC2CC(NC(=O)c2ccc(F)c(Cl)c2)C3)c1C. The lowest BCUT2D eigenvalue weighted by molar-refractivity contribution is 0.0848. The number of aromatic hydroxyl groups is 1. The summed E-state index contributed by atoms with van der Waals surface area (Å²) in [4.78, 5) is 15.2. The molecule has 0 saturated carbocycles. The van der Waals surface area contributed by atoms with E-state index in [1.54, 1.807) is 6.07 Å². The van der Waals surface area contributed by atoms with E-state index in [0.29, 0.717) is 23.4 Å². The number of hydrogen-bond acceptors (Lipinski definition) is 3. The Morgan fingerprint density at radius 1 is 1.17 bits per heavy atom. The lowest BCUT2D eigenvalue weighted by Gasteiger charge is -2.39. The first-order valence-electron chi connectivity index (χ1n) is 10.6. The van der Waals surface area contributed by atoms with Crippen molar-refractivity contribution in [1.29, 1.82) is 0 Å². The third-order valence-electron chi connectivity index (χ3n) is 6.91. The Balaban J connectivity index is 1.36. The van der Waals surface area contributed by atoms with Crippen molar-refractivity contribution >= 4 is 17.5 Å². The van der Waals surface area contributed by atoms with Crippen LogP contribution in [0.5, 0.6) is 5.75 Å². The standard InChI is InChI=1S/C24H28ClFN2O2/c1-14-15(2)23(29)8-4-16(14)9-10-28-19-5-6-20(28)13-18(12-19)27-24(30)17-3-7-22(26)21(25)11-17/h3-4,7-8,11,18-20,29H,5-6,9-10,12-13H2,1-2H3,(H,27,30). The van der Waals surface area contributed by atoms with Crippen LogP contribution in [0.1, 0.15) is 52.7 Å². The van der Waals surface area contributed by atoms with Crippen molar-refractivity contribution in [2.45, 2.75) is 64.1 Å². The molecule has 4 rings (SSSR count). The summed E-state index contributed by atoms with van der Waals surface area (Å²) in [7, 11) is 0. The molecule has 0 aliphatic carbocycles. The first kappa shape index (κ1) is 21.1. The maximum atomic E-state index is 13.4. The Morgan fingerprint density at radius 3 is 2.53 bits per heavy atom. The second kappa shape index (κ2) is 8.56. The molecule has 2 bridgehead atoms. The quantitative estimate of drug-likeness (QED) is 0.718. The van der Waals surface area contributed by atoms with Crippen molar-refractivity contribution in [3.05, 3.63) is 63.4 Å². The summed E-state index contributed by atoms with van der Waals surface area (Å²) in [6.45, 7) is 5.03. The molecule has 6 heteroatoms. The van der Waals surface area contributed by atoms with Gasteiger partial charge in [0.05, 0.1) is 5.02 Å². The molecule has 2 aliphatic rings. The number of fused-ring (bicyclic) bond motifs is 2. The van der Waals surface area contributed by atoms with Gasteiger partial charge in [0.25, 0.3) is 5.91 Å². The van der Waals surface area contributed by atoms with Gasteiger partial charge in [0.15, 0.2) is 0 Å². The summed E-state index contributed by atoms with van der Waals surface area (Å²) in [6, 6.07) is 8.99. The average Bonchev–Trinajstić information content (AvgIpc) is 2.96. The van der Waals surface area contributed by atoms with Gasteiger partial charge in [-0.1, -0.05) is 17.7 Å². The number of rotatable bonds is 5. The highest BCUT2D eigenvalue weighted by Crippen LogP contribution is 2.36. The summed E-state index contributed by atoms with van der Waals surface area (Å²) in [5.74, 6) is -0.348. The zero-order valence-corrected chi connectivity index (χ0v) is 18.2. The van der Waals surface area contributed by atoms with E-state index in [1.807, 2.05) is 13.0 Å². The van der Waals surface area contributed by atoms with Gasteiger partial charge in [-0.25, -0.2) is 4.39 Å². The number of nitrogens with zero attached hydrogens (tertiary/aromatic N) is 1. The molecule has 4 nitrogen and oxygen atoms in total. The molecule has 0 radical (unpaired) electrons. The van der Waals surface area contributed by atoms with Gasteiger partial charge in [-0.15, -0.1) is 0 Å². The van der Waals surface area contributed by atoms with E-state index < -0.39 is 5.82 Å². The minimum absolute atomic E-state index is 0.0303. The molecular formula is C24H28ClFN2O2. The van der Waals surface area contributed by atoms with E-state index >= 15 is 0 Å². The Morgan fingerprint density at radius 2 is 1.87 bits per heavy atom. The second-order valence-electron chi connectivity index (χ2n) is 8.64. The van der Waals surface area contributed by atoms with Crippen LogP contribution in [0.2, 0.25) is 5.02 Å². The maximum absolute atomic E-state index is 13.4. The fourth-order valence-electron chi connectivity index (χ4n) is 5.05. The van der Waals surface area contributed by atoms with Crippen LogP contribution in [0.3, 0.4) is 0 Å². The highest BCUT2D eigenvalue weighted by atomic mass is 35.5. The van der Waals surface area contributed by atoms with Gasteiger partial charge >= 0.3 is 0 Å². The third-order valence-corrected chi connectivity index (χ3v) is 7.20. The Bertz CT molecular complexity index is 950. The minimum atomic E-state index is -0.515. The smallest absolute Gasteiger partial charge is 0.251 e. The first-order valence-corrected chi connectivity index (χ1v) is 11.0. The Kier molecular flexibility index (Phi) is 6.03. The number of nitrogens with one attached hydrogen (secondary N) is 1. The minimum Gasteiger partial charge on any atom is -0.508 e. The Hall–Kier alpha value is -2.11. The van der Waals surface area contributed by atoms with Crippen molar-refractivity contribution in [1.82, 2.24) is 10.2 Å². The van der Waals surface area contributed by atoms with Crippen molar-refractivity contribution in [3.8, 4) is 5.75 Å². The van der Waals surface area contributed by atoms with Gasteiger partial charge < -0.3 is 10.4 Å². The zero-order valence-electron chi connectivity index (χ0n) is 17.4. The van der Waals surface area contributed by atoms with Gasteiger partial charge in [-0.05, 0) is 86.9 Å². The normalized spacial score (nSPS) is 23.5. The first-order chi connectivity index (χ1) is 14.3. The lowest BCUT2D eigenvalue weighted by atomic mass is 9.95. The average molecular weight is 431 g/mol. The van der Waals surface area contributed by atoms with Crippen LogP contribution >= 0.6 is 11.6 Å². The van der Waals surface area contributed by atoms with Crippen molar-refractivity contribution in [2.24, 2.45) is 0 Å². The second-order valence-corrected chi connectivity index (χ2v) is 9.04. The maximum Gasteiger partial charge on any atom is 0.251 e. The van der Waals surface area contributed by atoms with Gasteiger partial charge in [-0.3, -0.25) is 9.69 Å². The molecule has 2 fully saturated rings. The van der Waals surface area contributed by atoms with E-state index in [0.717, 1.165) is 44.2 Å². The van der Waals surface area contributed by atoms with E-state index in [-0.39, 0.29) is 17.0 Å². The molecule has 0 spiro atoms. The third kappa shape index (κ3) is 4.19. The molecule has 30 heavy (non-hydrogen) atoms. The van der Waals surface area contributed by atoms with Crippen LogP contribution in [0.4, 0.5) is 4.39 Å². The number of carbonyl (C=O) groups excluding carboxylic acids is 1. The van der Waals surface area contributed by atoms with Crippen LogP contribution in [0.15, 0.2) is 30.3 Å². The predicted octanol–water partition coefficient (Wildman–Crippen LogP) is 4.77. The molecule has 2 aromatic rings. The van der Waals surface area contributed by atoms with Crippen LogP contribution in [0, 0.1) is 19.7 Å². The molecule has 2 unspecified atom stereocenters. The van der Waals surface area contributed by atoms with Crippen LogP contribution < -0.4 is 5.32 Å². The fourth-order valence-corrected chi connectivity index (χ4v) is 5.23. The van der Waals surface area contributed by atoms with Crippen molar-refractivity contribution < 1.29 is 14.3 Å². The highest BCUT2D eigenvalue weighted by Gasteiger charge is 2.40. The molecule has 2 saturated heterocycles. The highest BCUT2D eigenvalue weighted by molar-refractivity contribution is 6.31. The monoisotopic (exact) mass is 430 g/mol. The number of carbonyl (C=O) groups is 1. The molecule has 2 aromatic carbocycles. The summed E-state index contributed by atoms with van der Waals surface area (Å²) in [5.41, 5.74) is 3.81. The van der Waals surface area contributed by atoms with Crippen LogP contribution in [-0.4, -0.2) is 40.6 Å². The summed E-state index contributed by atoms with van der Waals surface area (Å²) < 4.78 is 13.4. The van der Waals surface area contributed by atoms with Gasteiger partial charge in [-0.2, -0.15) is 0 Å². The number of hydrogen-bond donors (Lipinski definition) is 2. The molecule has 1 amide bonds. The number of phenols is 1. The molecule has 2 aliphatic heterocycles. The number of amides is 1. The van der Waals surface area contributed by atoms with E-state index in [9.17, 15) is 14.3 Å². The topological polar surface area (TPSA) is 52.6 Å². The molecule has 2 atom stereocenters. The number of phenolic OH excluding ortho intramolecular Hbond substituents is 1. The van der Waals surface area contributed by atoms with Crippen molar-refractivity contribution in [3.63, 3.8) is 0 Å². The number of benzene rings is 2. The van der Waals surface area contributed by atoms with Crippen molar-refractivity contribution in [2.75, 3.05) is 6.54 Å². The predicted molar refractivity (Wildman–Crippen MR) is 117 cm³/mol.